The molecule has 0 aliphatic heterocycles. The van der Waals surface area contributed by atoms with E-state index in [0.29, 0.717) is 12.5 Å². The second-order valence-electron chi connectivity index (χ2n) is 2.71. The molecule has 0 aliphatic carbocycles. The maximum Gasteiger partial charge on any atom is 0.146 e. The number of alkyl halides is 1. The predicted molar refractivity (Wildman–Crippen MR) is 37.6 cm³/mol. The van der Waals surface area contributed by atoms with E-state index in [0.717, 1.165) is 0 Å². The van der Waals surface area contributed by atoms with Crippen LogP contribution in [0.15, 0.2) is 0 Å². The van der Waals surface area contributed by atoms with E-state index < -0.39 is 12.8 Å². The fourth-order valence-electron chi connectivity index (χ4n) is 0.484. The van der Waals surface area contributed by atoms with Crippen LogP contribution in [0.4, 0.5) is 4.39 Å². The van der Waals surface area contributed by atoms with E-state index in [4.69, 9.17) is 9.84 Å². The van der Waals surface area contributed by atoms with Crippen molar-refractivity contribution in [3.05, 3.63) is 0 Å². The third-order valence-electron chi connectivity index (χ3n) is 0.948. The molecule has 0 aromatic carbocycles. The molecule has 0 spiro atoms. The molecule has 0 aromatic rings. The second kappa shape index (κ2) is 5.62. The molecule has 0 bridgehead atoms. The number of hydrogen-bond acceptors (Lipinski definition) is 2. The van der Waals surface area contributed by atoms with Crippen molar-refractivity contribution in [3.63, 3.8) is 0 Å². The highest BCUT2D eigenvalue weighted by molar-refractivity contribution is 4.50. The average Bonchev–Trinajstić information content (AvgIpc) is 1.87. The van der Waals surface area contributed by atoms with Gasteiger partial charge in [-0.2, -0.15) is 0 Å². The first-order chi connectivity index (χ1) is 4.66. The Balaban J connectivity index is 3.03. The lowest BCUT2D eigenvalue weighted by atomic mass is 10.2. The van der Waals surface area contributed by atoms with Gasteiger partial charge in [0.25, 0.3) is 0 Å². The van der Waals surface area contributed by atoms with Crippen LogP contribution in [-0.4, -0.2) is 31.1 Å². The summed E-state index contributed by atoms with van der Waals surface area (Å²) in [5.41, 5.74) is 0. The quantitative estimate of drug-likeness (QED) is 0.633. The molecule has 0 fully saturated rings. The molecule has 0 unspecified atom stereocenters. The Morgan fingerprint density at radius 1 is 1.40 bits per heavy atom. The minimum atomic E-state index is -1.22. The lowest BCUT2D eigenvalue weighted by Gasteiger charge is -2.07. The van der Waals surface area contributed by atoms with Gasteiger partial charge in [0.05, 0.1) is 13.2 Å². The fraction of sp³-hybridized carbons (Fsp3) is 1.00. The molecule has 1 atom stereocenters. The third-order valence-corrected chi connectivity index (χ3v) is 0.948. The van der Waals surface area contributed by atoms with Gasteiger partial charge in [-0.05, 0) is 5.92 Å². The molecule has 10 heavy (non-hydrogen) atoms. The van der Waals surface area contributed by atoms with Gasteiger partial charge in [0, 0.05) is 6.61 Å². The van der Waals surface area contributed by atoms with Gasteiger partial charge < -0.3 is 9.84 Å². The van der Waals surface area contributed by atoms with Crippen molar-refractivity contribution in [1.82, 2.24) is 0 Å². The van der Waals surface area contributed by atoms with Crippen LogP contribution in [0.2, 0.25) is 0 Å². The largest absolute Gasteiger partial charge is 0.393 e. The van der Waals surface area contributed by atoms with E-state index >= 15 is 0 Å². The van der Waals surface area contributed by atoms with Crippen molar-refractivity contribution in [2.75, 3.05) is 19.8 Å². The van der Waals surface area contributed by atoms with Crippen molar-refractivity contribution in [3.8, 4) is 0 Å². The van der Waals surface area contributed by atoms with Gasteiger partial charge in [-0.15, -0.1) is 0 Å². The molecular formula is C7H15FO2. The topological polar surface area (TPSA) is 29.5 Å². The Bertz CT molecular complexity index is 76.0. The van der Waals surface area contributed by atoms with Gasteiger partial charge in [0.1, 0.15) is 6.17 Å². The van der Waals surface area contributed by atoms with Gasteiger partial charge in [-0.1, -0.05) is 13.8 Å². The molecule has 1 N–H and O–H groups in total. The van der Waals surface area contributed by atoms with Crippen LogP contribution in [0.5, 0.6) is 0 Å². The van der Waals surface area contributed by atoms with Crippen LogP contribution in [0.1, 0.15) is 13.8 Å². The standard InChI is InChI=1S/C7H15FO2/c1-6(2)4-10-5-7(8)3-9/h6-7,9H,3-5H2,1-2H3/t7-/m0/s1. The van der Waals surface area contributed by atoms with Crippen LogP contribution < -0.4 is 0 Å². The Kier molecular flexibility index (Phi) is 5.54. The lowest BCUT2D eigenvalue weighted by Crippen LogP contribution is -2.16. The summed E-state index contributed by atoms with van der Waals surface area (Å²) in [6.45, 7) is 4.10. The first-order valence-corrected chi connectivity index (χ1v) is 3.49. The highest BCUT2D eigenvalue weighted by Gasteiger charge is 2.03. The van der Waals surface area contributed by atoms with Crippen molar-refractivity contribution in [1.29, 1.82) is 0 Å². The van der Waals surface area contributed by atoms with E-state index in [1.54, 1.807) is 0 Å². The van der Waals surface area contributed by atoms with Crippen molar-refractivity contribution in [2.45, 2.75) is 20.0 Å². The van der Waals surface area contributed by atoms with Crippen molar-refractivity contribution >= 4 is 0 Å². The third kappa shape index (κ3) is 5.98. The molecule has 0 saturated heterocycles. The summed E-state index contributed by atoms with van der Waals surface area (Å²) < 4.78 is 17.1. The van der Waals surface area contributed by atoms with E-state index in [-0.39, 0.29) is 6.61 Å². The summed E-state index contributed by atoms with van der Waals surface area (Å²) in [5, 5.41) is 8.25. The summed E-state index contributed by atoms with van der Waals surface area (Å²) in [4.78, 5) is 0. The summed E-state index contributed by atoms with van der Waals surface area (Å²) in [6, 6.07) is 0. The number of halogens is 1. The normalized spacial score (nSPS) is 14.1. The van der Waals surface area contributed by atoms with Crippen LogP contribution in [0.3, 0.4) is 0 Å². The number of aliphatic hydroxyl groups excluding tert-OH is 1. The predicted octanol–water partition coefficient (Wildman–Crippen LogP) is 0.989. The second-order valence-corrected chi connectivity index (χ2v) is 2.71. The maximum atomic E-state index is 12.2. The smallest absolute Gasteiger partial charge is 0.146 e. The Morgan fingerprint density at radius 3 is 2.40 bits per heavy atom. The summed E-state index contributed by atoms with van der Waals surface area (Å²) in [7, 11) is 0. The van der Waals surface area contributed by atoms with Crippen LogP contribution in [0, 0.1) is 5.92 Å². The zero-order valence-electron chi connectivity index (χ0n) is 6.51. The molecule has 0 aromatic heterocycles. The summed E-state index contributed by atoms with van der Waals surface area (Å²) >= 11 is 0. The first kappa shape index (κ1) is 9.85. The van der Waals surface area contributed by atoms with Crippen molar-refractivity contribution in [2.24, 2.45) is 5.92 Å². The molecule has 0 saturated carbocycles. The summed E-state index contributed by atoms with van der Waals surface area (Å²) in [6.07, 6.45) is -1.22. The number of hydrogen-bond donors (Lipinski definition) is 1. The molecule has 0 aliphatic rings. The fourth-order valence-corrected chi connectivity index (χ4v) is 0.484. The van der Waals surface area contributed by atoms with Gasteiger partial charge in [-0.3, -0.25) is 0 Å². The van der Waals surface area contributed by atoms with Gasteiger partial charge in [-0.25, -0.2) is 4.39 Å². The molecule has 0 heterocycles. The van der Waals surface area contributed by atoms with Crippen LogP contribution >= 0.6 is 0 Å². The van der Waals surface area contributed by atoms with Crippen LogP contribution in [0.25, 0.3) is 0 Å². The highest BCUT2D eigenvalue weighted by Crippen LogP contribution is 1.95. The van der Waals surface area contributed by atoms with Crippen molar-refractivity contribution < 1.29 is 14.2 Å². The minimum absolute atomic E-state index is 0.00861. The number of rotatable bonds is 5. The molecular weight excluding hydrogens is 135 g/mol. The Morgan fingerprint density at radius 2 is 2.00 bits per heavy atom. The van der Waals surface area contributed by atoms with E-state index in [1.165, 1.54) is 0 Å². The maximum absolute atomic E-state index is 12.2. The zero-order chi connectivity index (χ0) is 7.98. The monoisotopic (exact) mass is 150 g/mol. The lowest BCUT2D eigenvalue weighted by molar-refractivity contribution is 0.0403. The van der Waals surface area contributed by atoms with Gasteiger partial charge in [0.15, 0.2) is 0 Å². The molecule has 0 radical (unpaired) electrons. The minimum Gasteiger partial charge on any atom is -0.393 e. The Labute approximate surface area is 61.0 Å². The SMILES string of the molecule is CC(C)COC[C@@H](F)CO. The molecule has 62 valence electrons. The molecule has 3 heteroatoms. The highest BCUT2D eigenvalue weighted by atomic mass is 19.1. The molecule has 0 rings (SSSR count). The van der Waals surface area contributed by atoms with Gasteiger partial charge >= 0.3 is 0 Å². The van der Waals surface area contributed by atoms with Crippen LogP contribution in [-0.2, 0) is 4.74 Å². The molecule has 2 nitrogen and oxygen atoms in total. The number of ether oxygens (including phenoxy) is 1. The van der Waals surface area contributed by atoms with Gasteiger partial charge in [0.2, 0.25) is 0 Å². The van der Waals surface area contributed by atoms with E-state index in [9.17, 15) is 4.39 Å². The zero-order valence-corrected chi connectivity index (χ0v) is 6.51. The first-order valence-electron chi connectivity index (χ1n) is 3.49. The average molecular weight is 150 g/mol. The number of aliphatic hydroxyl groups is 1. The molecule has 0 amide bonds. The van der Waals surface area contributed by atoms with E-state index in [1.807, 2.05) is 13.8 Å². The van der Waals surface area contributed by atoms with E-state index in [2.05, 4.69) is 0 Å². The summed E-state index contributed by atoms with van der Waals surface area (Å²) in [5.74, 6) is 0.422. The Hall–Kier alpha value is -0.150.